The largest absolute Gasteiger partial charge is 0.323 e. The number of hydrogen-bond acceptors (Lipinski definition) is 16. The molecular weight excluding hydrogens is 1910 g/mol. The molecule has 6 aromatic carbocycles. The minimum atomic E-state index is -0.323. The Morgan fingerprint density at radius 1 is 0.309 bits per heavy atom. The number of nitrogens with zero attached hydrogens (tertiary/aromatic N) is 14. The van der Waals surface area contributed by atoms with Gasteiger partial charge >= 0.3 is 36.2 Å². The first-order valence-corrected chi connectivity index (χ1v) is 52.0. The summed E-state index contributed by atoms with van der Waals surface area (Å²) in [4.78, 5) is 121. The number of urea groups is 6. The van der Waals surface area contributed by atoms with Gasteiger partial charge in [0.1, 0.15) is 17.3 Å². The van der Waals surface area contributed by atoms with Crippen molar-refractivity contribution in [3.05, 3.63) is 381 Å². The van der Waals surface area contributed by atoms with Crippen molar-refractivity contribution in [2.45, 2.75) is 140 Å². The van der Waals surface area contributed by atoms with E-state index in [4.69, 9.17) is 0 Å². The van der Waals surface area contributed by atoms with E-state index in [0.717, 1.165) is 110 Å². The summed E-state index contributed by atoms with van der Waals surface area (Å²) < 4.78 is 28.8. The molecule has 14 heterocycles. The van der Waals surface area contributed by atoms with E-state index in [1.807, 2.05) is 194 Å². The lowest BCUT2D eigenvalue weighted by Crippen LogP contribution is -2.38. The highest BCUT2D eigenvalue weighted by Gasteiger charge is 2.29. The average molecular weight is 2040 g/mol. The van der Waals surface area contributed by atoms with Crippen LogP contribution in [0.2, 0.25) is 0 Å². The molecule has 0 atom stereocenters. The normalized spacial score (nSPS) is 14.4. The Labute approximate surface area is 878 Å². The van der Waals surface area contributed by atoms with Gasteiger partial charge in [0.05, 0.1) is 48.9 Å². The molecule has 766 valence electrons. The van der Waals surface area contributed by atoms with Gasteiger partial charge in [-0.15, -0.1) is 0 Å². The third kappa shape index (κ3) is 29.7. The second kappa shape index (κ2) is 50.8. The number of aryl methyl sites for hydroxylation is 8. The molecule has 0 radical (unpaired) electrons. The number of nitrogens with one attached hydrogen (secondary N) is 6. The zero-order valence-electron chi connectivity index (χ0n) is 86.6. The van der Waals surface area contributed by atoms with Crippen LogP contribution in [0.1, 0.15) is 169 Å². The molecule has 0 unspecified atom stereocenters. The molecule has 14 aromatic rings. The summed E-state index contributed by atoms with van der Waals surface area (Å²) in [5.74, 6) is -0.140. The van der Waals surface area contributed by atoms with Crippen molar-refractivity contribution in [3.63, 3.8) is 0 Å². The van der Waals surface area contributed by atoms with E-state index in [2.05, 4.69) is 220 Å². The summed E-state index contributed by atoms with van der Waals surface area (Å²) in [7, 11) is 0. The topological polar surface area (TPSA) is 297 Å². The molecule has 0 saturated carbocycles. The van der Waals surface area contributed by atoms with Crippen LogP contribution in [0.4, 0.5) is 70.6 Å². The lowest BCUT2D eigenvalue weighted by atomic mass is 9.87. The number of pyridine rings is 6. The summed E-state index contributed by atoms with van der Waals surface area (Å²) in [5, 5.41) is 18.7. The minimum absolute atomic E-state index is 0.0506. The SMILES string of the molecule is Cc1ccc(NC(=O)N2CC=C(c3ncccc3C)CC2)cc1.Cc1ccc(NC(=O)N2CC=C(c3ncccc3F)CC2)cc1.Cc1ccc2nc(NC(=O)N3CC=C(c4ncccc4C)CC3)sc2c1.Cc1cccnc1C1=CCN(C(=O)Nc2ccc(C(C)(C)C)cc2)CC1.Cc1cccnc1C1=CCN(C(=O)Nc2ccc(C(C)C)cc2)CC1.Cc1cccnc1C1=CCN(C(=O)Nc2nc3ccc(F)cc3s2)CC1. The van der Waals surface area contributed by atoms with Gasteiger partial charge in [0.25, 0.3) is 0 Å². The second-order valence-electron chi connectivity index (χ2n) is 38.8. The summed E-state index contributed by atoms with van der Waals surface area (Å²) in [6.07, 6.45) is 27.6. The van der Waals surface area contributed by atoms with Gasteiger partial charge < -0.3 is 50.7 Å². The van der Waals surface area contributed by atoms with Gasteiger partial charge in [0, 0.05) is 138 Å². The number of amides is 12. The third-order valence-corrected chi connectivity index (χ3v) is 28.2. The summed E-state index contributed by atoms with van der Waals surface area (Å²) in [6, 6.07) is 64.6. The van der Waals surface area contributed by atoms with Gasteiger partial charge in [0.2, 0.25) is 0 Å². The molecule has 0 saturated heterocycles. The van der Waals surface area contributed by atoms with Gasteiger partial charge in [-0.05, 0) is 305 Å². The highest BCUT2D eigenvalue weighted by atomic mass is 32.1. The quantitative estimate of drug-likeness (QED) is 0.0626. The Morgan fingerprint density at radius 3 is 0.852 bits per heavy atom. The Balaban J connectivity index is 0.000000134. The van der Waals surface area contributed by atoms with E-state index in [0.29, 0.717) is 117 Å². The summed E-state index contributed by atoms with van der Waals surface area (Å²) in [5.41, 5.74) is 29.3. The molecule has 0 bridgehead atoms. The predicted molar refractivity (Wildman–Crippen MR) is 600 cm³/mol. The number of carbonyl (C=O) groups is 6. The Bertz CT molecular complexity index is 7020. The Morgan fingerprint density at radius 2 is 0.570 bits per heavy atom. The first-order chi connectivity index (χ1) is 71.8. The molecular formula is C119H128F2N20O6S2. The van der Waals surface area contributed by atoms with E-state index in [-0.39, 0.29) is 53.2 Å². The molecule has 6 aliphatic heterocycles. The lowest BCUT2D eigenvalue weighted by molar-refractivity contribution is 0.216. The van der Waals surface area contributed by atoms with Gasteiger partial charge in [-0.1, -0.05) is 190 Å². The van der Waals surface area contributed by atoms with Gasteiger partial charge in [0.15, 0.2) is 10.3 Å². The van der Waals surface area contributed by atoms with Crippen molar-refractivity contribution in [1.82, 2.24) is 69.3 Å². The molecule has 20 rings (SSSR count). The van der Waals surface area contributed by atoms with Crippen LogP contribution in [0.25, 0.3) is 53.9 Å². The fourth-order valence-electron chi connectivity index (χ4n) is 17.6. The monoisotopic (exact) mass is 2030 g/mol. The van der Waals surface area contributed by atoms with Crippen LogP contribution in [0.5, 0.6) is 0 Å². The highest BCUT2D eigenvalue weighted by Crippen LogP contribution is 2.35. The summed E-state index contributed by atoms with van der Waals surface area (Å²) in [6.45, 7) is 34.6. The molecule has 12 amide bonds. The minimum Gasteiger partial charge on any atom is -0.320 e. The van der Waals surface area contributed by atoms with E-state index in [1.165, 1.54) is 113 Å². The number of rotatable bonds is 13. The van der Waals surface area contributed by atoms with Crippen molar-refractivity contribution in [2.24, 2.45) is 0 Å². The highest BCUT2D eigenvalue weighted by molar-refractivity contribution is 7.22. The van der Waals surface area contributed by atoms with E-state index < -0.39 is 0 Å². The van der Waals surface area contributed by atoms with E-state index >= 15 is 0 Å². The Hall–Kier alpha value is -16.1. The standard InChI is InChI=1S/C22H27N3O.C21H25N3O.C20H20N4OS.C19H17FN4OS.C19H21N3O.C18H18FN3O/c1-16-6-5-13-23-20(16)17-11-14-25(15-12-17)21(26)24-19-9-7-18(8-10-19)22(2,3)4;1-15(2)17-6-8-19(9-7-17)23-21(25)24-13-10-18(11-14-24)20-16(3)5-4-12-22-20;1-13-5-6-16-17(12-13)26-19(22-16)23-20(25)24-10-7-15(8-11-24)18-14(2)4-3-9-21-18;1-12-3-2-8-21-17(12)13-6-9-24(10-7-13)19(25)23-18-22-15-5-4-14(20)11-16(15)26-18;1-14-5-7-17(8-6-14)21-19(23)22-12-9-16(10-13-22)18-15(2)4-3-11-20-18;1-13-4-6-15(7-5-13)21-18(23)22-11-8-14(9-12-22)17-16(19)3-2-10-20-17/h5-11,13H,12,14-15H2,1-4H3,(H,24,26);4-10,12,15H,11,13-14H2,1-3H3,(H,23,25);3-7,9,12H,8,10-11H2,1-2H3,(H,22,23,25);2-6,8,11H,7,9-10H2,1H3,(H,22,23,25);3-9,11H,10,12-13H2,1-2H3,(H,21,23);2-8,10H,9,11-12H2,1H3,(H,21,23). The number of fused-ring (bicyclic) bond motifs is 2. The average Bonchev–Trinajstić information content (AvgIpc) is 1.11. The van der Waals surface area contributed by atoms with Crippen molar-refractivity contribution >= 4 is 146 Å². The number of carbonyl (C=O) groups excluding carboxylic acids is 6. The maximum absolute atomic E-state index is 13.8. The molecule has 30 heteroatoms. The van der Waals surface area contributed by atoms with Gasteiger partial charge in [-0.2, -0.15) is 0 Å². The lowest BCUT2D eigenvalue weighted by Gasteiger charge is -2.27. The number of halogens is 2. The van der Waals surface area contributed by atoms with Crippen LogP contribution in [0, 0.1) is 67.0 Å². The Kier molecular flexibility index (Phi) is 36.6. The fourth-order valence-corrected chi connectivity index (χ4v) is 19.4. The van der Waals surface area contributed by atoms with Crippen LogP contribution in [-0.4, -0.2) is 184 Å². The first kappa shape index (κ1) is 107. The second-order valence-corrected chi connectivity index (χ2v) is 40.8. The first-order valence-electron chi connectivity index (χ1n) is 50.3. The molecule has 26 nitrogen and oxygen atoms in total. The zero-order chi connectivity index (χ0) is 105. The number of thiazole rings is 2. The van der Waals surface area contributed by atoms with Crippen LogP contribution < -0.4 is 31.9 Å². The summed E-state index contributed by atoms with van der Waals surface area (Å²) >= 11 is 2.78. The number of anilines is 6. The third-order valence-electron chi connectivity index (χ3n) is 26.4. The molecule has 6 N–H and O–H groups in total. The smallest absolute Gasteiger partial charge is 0.320 e. The van der Waals surface area contributed by atoms with Crippen molar-refractivity contribution < 1.29 is 37.5 Å². The maximum Gasteiger partial charge on any atom is 0.323 e. The number of benzene rings is 6. The number of hydrogen-bond donors (Lipinski definition) is 6. The van der Waals surface area contributed by atoms with Crippen LogP contribution in [0.3, 0.4) is 0 Å². The van der Waals surface area contributed by atoms with Crippen molar-refractivity contribution in [1.29, 1.82) is 0 Å². The van der Waals surface area contributed by atoms with Gasteiger partial charge in [-0.25, -0.2) is 47.5 Å². The van der Waals surface area contributed by atoms with E-state index in [1.54, 1.807) is 39.2 Å². The molecule has 149 heavy (non-hydrogen) atoms. The molecule has 0 aliphatic carbocycles. The maximum atomic E-state index is 13.8. The van der Waals surface area contributed by atoms with Crippen LogP contribution in [0.15, 0.2) is 280 Å². The molecule has 6 aliphatic rings. The van der Waals surface area contributed by atoms with E-state index in [9.17, 15) is 37.5 Å². The van der Waals surface area contributed by atoms with Crippen molar-refractivity contribution in [2.75, 3.05) is 110 Å². The van der Waals surface area contributed by atoms with Crippen LogP contribution >= 0.6 is 22.7 Å². The molecule has 8 aromatic heterocycles. The predicted octanol–water partition coefficient (Wildman–Crippen LogP) is 26.8. The number of aromatic nitrogens is 8. The molecule has 0 fully saturated rings. The van der Waals surface area contributed by atoms with Gasteiger partial charge in [-0.3, -0.25) is 40.5 Å². The zero-order valence-corrected chi connectivity index (χ0v) is 88.3. The van der Waals surface area contributed by atoms with Crippen LogP contribution in [-0.2, 0) is 5.41 Å². The molecule has 0 spiro atoms. The van der Waals surface area contributed by atoms with Crippen molar-refractivity contribution in [3.8, 4) is 0 Å². The fraction of sp³-hybridized carbons (Fsp3) is 0.277.